The maximum atomic E-state index is 8.98. The minimum atomic E-state index is 0.183. The summed E-state index contributed by atoms with van der Waals surface area (Å²) in [6.45, 7) is 0.807. The van der Waals surface area contributed by atoms with Crippen molar-refractivity contribution in [2.24, 2.45) is 11.8 Å². The van der Waals surface area contributed by atoms with Crippen molar-refractivity contribution in [3.63, 3.8) is 0 Å². The van der Waals surface area contributed by atoms with Crippen LogP contribution in [0.3, 0.4) is 0 Å². The van der Waals surface area contributed by atoms with Crippen LogP contribution in [0.2, 0.25) is 0 Å². The number of rotatable bonds is 3. The minimum Gasteiger partial charge on any atom is -0.336 e. The van der Waals surface area contributed by atoms with Crippen molar-refractivity contribution in [3.05, 3.63) is 18.7 Å². The zero-order valence-electron chi connectivity index (χ0n) is 7.56. The summed E-state index contributed by atoms with van der Waals surface area (Å²) in [6, 6.07) is 2.39. The molecule has 13 heavy (non-hydrogen) atoms. The van der Waals surface area contributed by atoms with Gasteiger partial charge in [0.2, 0.25) is 0 Å². The predicted molar refractivity (Wildman–Crippen MR) is 48.7 cm³/mol. The normalized spacial score (nSPS) is 19.0. The summed E-state index contributed by atoms with van der Waals surface area (Å²) in [5.74, 6) is 0.815. The molecular weight excluding hydrogens is 162 g/mol. The monoisotopic (exact) mass is 175 g/mol. The van der Waals surface area contributed by atoms with Gasteiger partial charge in [0.15, 0.2) is 0 Å². The number of aromatic nitrogens is 2. The third-order valence-electron chi connectivity index (χ3n) is 2.85. The number of nitriles is 1. The number of imidazole rings is 1. The molecule has 0 saturated heterocycles. The van der Waals surface area contributed by atoms with Gasteiger partial charge in [-0.15, -0.1) is 0 Å². The Morgan fingerprint density at radius 1 is 1.62 bits per heavy atom. The van der Waals surface area contributed by atoms with Crippen molar-refractivity contribution >= 4 is 0 Å². The van der Waals surface area contributed by atoms with Gasteiger partial charge in [-0.25, -0.2) is 4.98 Å². The third kappa shape index (κ3) is 1.72. The molecule has 0 radical (unpaired) electrons. The van der Waals surface area contributed by atoms with E-state index < -0.39 is 0 Å². The van der Waals surface area contributed by atoms with Gasteiger partial charge in [0.1, 0.15) is 0 Å². The molecule has 0 bridgehead atoms. The smallest absolute Gasteiger partial charge is 0.0946 e. The highest BCUT2D eigenvalue weighted by molar-refractivity contribution is 4.92. The van der Waals surface area contributed by atoms with E-state index in [1.807, 2.05) is 10.8 Å². The van der Waals surface area contributed by atoms with Crippen LogP contribution in [0.25, 0.3) is 0 Å². The molecule has 0 spiro atoms. The third-order valence-corrected chi connectivity index (χ3v) is 2.85. The van der Waals surface area contributed by atoms with Gasteiger partial charge < -0.3 is 4.57 Å². The minimum absolute atomic E-state index is 0.183. The predicted octanol–water partition coefficient (Wildman–Crippen LogP) is 1.82. The summed E-state index contributed by atoms with van der Waals surface area (Å²) in [6.07, 6.45) is 9.22. The van der Waals surface area contributed by atoms with Crippen LogP contribution in [0, 0.1) is 23.2 Å². The molecule has 1 fully saturated rings. The lowest BCUT2D eigenvalue weighted by atomic mass is 9.76. The molecule has 1 heterocycles. The first kappa shape index (κ1) is 8.31. The average Bonchev–Trinajstić information content (AvgIpc) is 2.52. The SMILES string of the molecule is N#CC(Cn1ccnc1)C1CCC1. The first-order valence-electron chi connectivity index (χ1n) is 4.75. The van der Waals surface area contributed by atoms with Crippen LogP contribution in [-0.4, -0.2) is 9.55 Å². The van der Waals surface area contributed by atoms with Crippen molar-refractivity contribution < 1.29 is 0 Å². The van der Waals surface area contributed by atoms with E-state index >= 15 is 0 Å². The van der Waals surface area contributed by atoms with E-state index in [0.29, 0.717) is 5.92 Å². The second-order valence-corrected chi connectivity index (χ2v) is 3.69. The lowest BCUT2D eigenvalue weighted by Gasteiger charge is -2.29. The summed E-state index contributed by atoms with van der Waals surface area (Å²) in [7, 11) is 0. The standard InChI is InChI=1S/C10H13N3/c11-6-10(9-2-1-3-9)7-13-5-4-12-8-13/h4-5,8-10H,1-3,7H2. The molecule has 2 rings (SSSR count). The summed E-state index contributed by atoms with van der Waals surface area (Å²) in [5.41, 5.74) is 0. The van der Waals surface area contributed by atoms with Crippen molar-refractivity contribution in [3.8, 4) is 6.07 Å². The summed E-state index contributed by atoms with van der Waals surface area (Å²) < 4.78 is 1.99. The zero-order valence-corrected chi connectivity index (χ0v) is 7.56. The quantitative estimate of drug-likeness (QED) is 0.703. The van der Waals surface area contributed by atoms with E-state index in [1.165, 1.54) is 19.3 Å². The molecule has 1 unspecified atom stereocenters. The molecule has 0 aliphatic heterocycles. The number of hydrogen-bond acceptors (Lipinski definition) is 2. The Kier molecular flexibility index (Phi) is 2.31. The molecule has 1 aromatic heterocycles. The molecule has 0 N–H and O–H groups in total. The summed E-state index contributed by atoms with van der Waals surface area (Å²) >= 11 is 0. The molecule has 1 aliphatic carbocycles. The largest absolute Gasteiger partial charge is 0.336 e. The first-order valence-corrected chi connectivity index (χ1v) is 4.75. The molecule has 1 aliphatic rings. The van der Waals surface area contributed by atoms with Gasteiger partial charge >= 0.3 is 0 Å². The van der Waals surface area contributed by atoms with Crippen LogP contribution in [0.4, 0.5) is 0 Å². The lowest BCUT2D eigenvalue weighted by molar-refractivity contribution is 0.228. The number of hydrogen-bond donors (Lipinski definition) is 0. The Morgan fingerprint density at radius 2 is 2.46 bits per heavy atom. The Morgan fingerprint density at radius 3 is 2.92 bits per heavy atom. The molecular formula is C10H13N3. The highest BCUT2D eigenvalue weighted by Gasteiger charge is 2.27. The lowest BCUT2D eigenvalue weighted by Crippen LogP contribution is -2.24. The molecule has 1 aromatic rings. The van der Waals surface area contributed by atoms with E-state index in [0.717, 1.165) is 6.54 Å². The maximum Gasteiger partial charge on any atom is 0.0946 e. The van der Waals surface area contributed by atoms with E-state index in [9.17, 15) is 0 Å². The van der Waals surface area contributed by atoms with Crippen LogP contribution in [0.1, 0.15) is 19.3 Å². The Hall–Kier alpha value is -1.30. The summed E-state index contributed by atoms with van der Waals surface area (Å²) in [5, 5.41) is 8.98. The van der Waals surface area contributed by atoms with Gasteiger partial charge in [-0.05, 0) is 18.8 Å². The Bertz CT molecular complexity index is 292. The highest BCUT2D eigenvalue weighted by atomic mass is 15.0. The first-order chi connectivity index (χ1) is 6.40. The van der Waals surface area contributed by atoms with Gasteiger partial charge in [0.25, 0.3) is 0 Å². The van der Waals surface area contributed by atoms with Crippen molar-refractivity contribution in [1.29, 1.82) is 5.26 Å². The fraction of sp³-hybridized carbons (Fsp3) is 0.600. The van der Waals surface area contributed by atoms with E-state index in [2.05, 4.69) is 11.1 Å². The van der Waals surface area contributed by atoms with Gasteiger partial charge in [-0.1, -0.05) is 6.42 Å². The van der Waals surface area contributed by atoms with Gasteiger partial charge in [-0.2, -0.15) is 5.26 Å². The van der Waals surface area contributed by atoms with Crippen molar-refractivity contribution in [1.82, 2.24) is 9.55 Å². The fourth-order valence-electron chi connectivity index (χ4n) is 1.76. The maximum absolute atomic E-state index is 8.98. The molecule has 0 aromatic carbocycles. The fourth-order valence-corrected chi connectivity index (χ4v) is 1.76. The second-order valence-electron chi connectivity index (χ2n) is 3.69. The highest BCUT2D eigenvalue weighted by Crippen LogP contribution is 2.33. The second kappa shape index (κ2) is 3.61. The van der Waals surface area contributed by atoms with Crippen LogP contribution in [-0.2, 0) is 6.54 Å². The van der Waals surface area contributed by atoms with Gasteiger partial charge in [0, 0.05) is 18.9 Å². The molecule has 1 atom stereocenters. The zero-order chi connectivity index (χ0) is 9.10. The van der Waals surface area contributed by atoms with E-state index in [-0.39, 0.29) is 5.92 Å². The van der Waals surface area contributed by atoms with Crippen LogP contribution in [0.15, 0.2) is 18.7 Å². The van der Waals surface area contributed by atoms with Crippen LogP contribution in [0.5, 0.6) is 0 Å². The van der Waals surface area contributed by atoms with Crippen LogP contribution < -0.4 is 0 Å². The molecule has 3 nitrogen and oxygen atoms in total. The average molecular weight is 175 g/mol. The van der Waals surface area contributed by atoms with Crippen molar-refractivity contribution in [2.45, 2.75) is 25.8 Å². The van der Waals surface area contributed by atoms with Gasteiger partial charge in [0.05, 0.1) is 18.3 Å². The van der Waals surface area contributed by atoms with Gasteiger partial charge in [-0.3, -0.25) is 0 Å². The number of nitrogens with zero attached hydrogens (tertiary/aromatic N) is 3. The Labute approximate surface area is 78.0 Å². The topological polar surface area (TPSA) is 41.6 Å². The van der Waals surface area contributed by atoms with E-state index in [4.69, 9.17) is 5.26 Å². The van der Waals surface area contributed by atoms with Crippen LogP contribution >= 0.6 is 0 Å². The van der Waals surface area contributed by atoms with E-state index in [1.54, 1.807) is 12.5 Å². The Balaban J connectivity index is 1.95. The van der Waals surface area contributed by atoms with Crippen molar-refractivity contribution in [2.75, 3.05) is 0 Å². The molecule has 0 amide bonds. The summed E-state index contributed by atoms with van der Waals surface area (Å²) in [4.78, 5) is 3.97. The molecule has 68 valence electrons. The molecule has 1 saturated carbocycles. The molecule has 3 heteroatoms.